The van der Waals surface area contributed by atoms with Crippen LogP contribution < -0.4 is 0 Å². The predicted octanol–water partition coefficient (Wildman–Crippen LogP) is 2.68. The average Bonchev–Trinajstić information content (AvgIpc) is 2.28. The third-order valence-electron chi connectivity index (χ3n) is 2.96. The van der Waals surface area contributed by atoms with Crippen molar-refractivity contribution in [2.24, 2.45) is 0 Å². The van der Waals surface area contributed by atoms with Crippen LogP contribution in [0, 0.1) is 0 Å². The quantitative estimate of drug-likeness (QED) is 0.693. The zero-order chi connectivity index (χ0) is 10.2. The summed E-state index contributed by atoms with van der Waals surface area (Å²) in [6.07, 6.45) is 8.24. The fourth-order valence-corrected chi connectivity index (χ4v) is 2.00. The number of hydrogen-bond acceptors (Lipinski definition) is 2. The van der Waals surface area contributed by atoms with Gasteiger partial charge in [0.15, 0.2) is 0 Å². The number of ether oxygens (including phenoxy) is 1. The lowest BCUT2D eigenvalue weighted by atomic mass is 10.1. The van der Waals surface area contributed by atoms with Crippen LogP contribution >= 0.6 is 0 Å². The minimum Gasteiger partial charge on any atom is -0.378 e. The Kier molecular flexibility index (Phi) is 6.20. The molecule has 1 saturated heterocycles. The van der Waals surface area contributed by atoms with Crippen LogP contribution in [0.15, 0.2) is 0 Å². The van der Waals surface area contributed by atoms with Crippen LogP contribution in [0.25, 0.3) is 0 Å². The Morgan fingerprint density at radius 3 is 2.79 bits per heavy atom. The fraction of sp³-hybridized carbons (Fsp3) is 1.00. The summed E-state index contributed by atoms with van der Waals surface area (Å²) in [5, 5.41) is 0. The lowest BCUT2D eigenvalue weighted by Crippen LogP contribution is -2.24. The van der Waals surface area contributed by atoms with E-state index in [-0.39, 0.29) is 0 Å². The van der Waals surface area contributed by atoms with Gasteiger partial charge in [0.1, 0.15) is 0 Å². The monoisotopic (exact) mass is 199 g/mol. The van der Waals surface area contributed by atoms with Gasteiger partial charge in [0.25, 0.3) is 0 Å². The molecule has 0 radical (unpaired) electrons. The molecule has 1 heterocycles. The molecule has 2 nitrogen and oxygen atoms in total. The minimum atomic E-state index is 0.524. The summed E-state index contributed by atoms with van der Waals surface area (Å²) < 4.78 is 5.84. The highest BCUT2D eigenvalue weighted by molar-refractivity contribution is 4.65. The van der Waals surface area contributed by atoms with Crippen molar-refractivity contribution in [3.05, 3.63) is 0 Å². The molecule has 0 spiro atoms. The van der Waals surface area contributed by atoms with Crippen molar-refractivity contribution in [2.75, 3.05) is 26.7 Å². The topological polar surface area (TPSA) is 12.5 Å². The molecule has 0 aromatic heterocycles. The molecule has 1 rings (SSSR count). The smallest absolute Gasteiger partial charge is 0.0587 e. The van der Waals surface area contributed by atoms with E-state index in [1.165, 1.54) is 45.2 Å². The second-order valence-electron chi connectivity index (χ2n) is 4.43. The Bertz CT molecular complexity index is 138. The molecule has 1 aliphatic rings. The van der Waals surface area contributed by atoms with E-state index in [1.54, 1.807) is 0 Å². The first-order valence-corrected chi connectivity index (χ1v) is 6.13. The molecule has 0 aromatic rings. The van der Waals surface area contributed by atoms with E-state index in [1.807, 2.05) is 0 Å². The second-order valence-corrected chi connectivity index (χ2v) is 4.43. The second kappa shape index (κ2) is 7.24. The van der Waals surface area contributed by atoms with Crippen LogP contribution in [0.4, 0.5) is 0 Å². The molecule has 1 fully saturated rings. The minimum absolute atomic E-state index is 0.524. The molecular weight excluding hydrogens is 174 g/mol. The molecule has 1 aliphatic heterocycles. The Hall–Kier alpha value is -0.0800. The third kappa shape index (κ3) is 4.97. The highest BCUT2D eigenvalue weighted by Gasteiger charge is 2.12. The molecule has 2 heteroatoms. The first-order valence-electron chi connectivity index (χ1n) is 6.13. The molecule has 0 aliphatic carbocycles. The van der Waals surface area contributed by atoms with Gasteiger partial charge in [-0.25, -0.2) is 0 Å². The van der Waals surface area contributed by atoms with Crippen LogP contribution in [0.5, 0.6) is 0 Å². The van der Waals surface area contributed by atoms with Gasteiger partial charge in [-0.05, 0) is 39.3 Å². The summed E-state index contributed by atoms with van der Waals surface area (Å²) >= 11 is 0. The van der Waals surface area contributed by atoms with E-state index in [0.29, 0.717) is 6.10 Å². The lowest BCUT2D eigenvalue weighted by Gasteiger charge is -2.19. The standard InChI is InChI=1S/C12H25NO/c1-3-11-14-12-7-5-4-6-9-13(2)10-8-12/h12H,3-11H2,1-2H3. The van der Waals surface area contributed by atoms with E-state index in [9.17, 15) is 0 Å². The summed E-state index contributed by atoms with van der Waals surface area (Å²) in [6, 6.07) is 0. The molecule has 1 unspecified atom stereocenters. The molecule has 84 valence electrons. The SMILES string of the molecule is CCCOC1CCCCCN(C)CC1. The van der Waals surface area contributed by atoms with Crippen LogP contribution in [0.1, 0.15) is 45.4 Å². The van der Waals surface area contributed by atoms with Crippen molar-refractivity contribution < 1.29 is 4.74 Å². The van der Waals surface area contributed by atoms with Gasteiger partial charge in [0, 0.05) is 13.2 Å². The van der Waals surface area contributed by atoms with Crippen LogP contribution in [-0.2, 0) is 4.74 Å². The third-order valence-corrected chi connectivity index (χ3v) is 2.96. The first-order chi connectivity index (χ1) is 6.83. The summed E-state index contributed by atoms with van der Waals surface area (Å²) in [6.45, 7) is 5.59. The Labute approximate surface area is 88.6 Å². The molecule has 0 N–H and O–H groups in total. The van der Waals surface area contributed by atoms with E-state index >= 15 is 0 Å². The molecular formula is C12H25NO. The molecule has 0 aromatic carbocycles. The van der Waals surface area contributed by atoms with Gasteiger partial charge in [-0.3, -0.25) is 0 Å². The van der Waals surface area contributed by atoms with Gasteiger partial charge in [-0.1, -0.05) is 19.8 Å². The Morgan fingerprint density at radius 1 is 1.14 bits per heavy atom. The first kappa shape index (κ1) is 12.0. The molecule has 1 atom stereocenters. The maximum atomic E-state index is 5.84. The largest absolute Gasteiger partial charge is 0.378 e. The Morgan fingerprint density at radius 2 is 2.00 bits per heavy atom. The molecule has 0 amide bonds. The van der Waals surface area contributed by atoms with Gasteiger partial charge in [0.05, 0.1) is 6.10 Å². The van der Waals surface area contributed by atoms with Gasteiger partial charge in [-0.15, -0.1) is 0 Å². The summed E-state index contributed by atoms with van der Waals surface area (Å²) in [7, 11) is 2.22. The van der Waals surface area contributed by atoms with Crippen LogP contribution in [0.3, 0.4) is 0 Å². The zero-order valence-corrected chi connectivity index (χ0v) is 9.80. The van der Waals surface area contributed by atoms with Crippen LogP contribution in [0.2, 0.25) is 0 Å². The molecule has 0 bridgehead atoms. The summed E-state index contributed by atoms with van der Waals surface area (Å²) in [4.78, 5) is 2.44. The van der Waals surface area contributed by atoms with Crippen molar-refractivity contribution >= 4 is 0 Å². The van der Waals surface area contributed by atoms with E-state index in [2.05, 4.69) is 18.9 Å². The molecule has 14 heavy (non-hydrogen) atoms. The highest BCUT2D eigenvalue weighted by Crippen LogP contribution is 2.14. The highest BCUT2D eigenvalue weighted by atomic mass is 16.5. The van der Waals surface area contributed by atoms with Gasteiger partial charge in [-0.2, -0.15) is 0 Å². The van der Waals surface area contributed by atoms with Crippen molar-refractivity contribution in [3.8, 4) is 0 Å². The Balaban J connectivity index is 2.25. The maximum absolute atomic E-state index is 5.84. The number of rotatable bonds is 3. The van der Waals surface area contributed by atoms with E-state index in [4.69, 9.17) is 4.74 Å². The average molecular weight is 199 g/mol. The van der Waals surface area contributed by atoms with Gasteiger partial charge in [0.2, 0.25) is 0 Å². The lowest BCUT2D eigenvalue weighted by molar-refractivity contribution is 0.0372. The van der Waals surface area contributed by atoms with Crippen molar-refractivity contribution in [1.29, 1.82) is 0 Å². The summed E-state index contributed by atoms with van der Waals surface area (Å²) in [5.41, 5.74) is 0. The van der Waals surface area contributed by atoms with Gasteiger partial charge >= 0.3 is 0 Å². The van der Waals surface area contributed by atoms with E-state index in [0.717, 1.165) is 13.0 Å². The van der Waals surface area contributed by atoms with Crippen molar-refractivity contribution in [3.63, 3.8) is 0 Å². The zero-order valence-electron chi connectivity index (χ0n) is 9.80. The van der Waals surface area contributed by atoms with Crippen molar-refractivity contribution in [2.45, 2.75) is 51.6 Å². The number of nitrogens with zero attached hydrogens (tertiary/aromatic N) is 1. The fourth-order valence-electron chi connectivity index (χ4n) is 2.00. The van der Waals surface area contributed by atoms with E-state index < -0.39 is 0 Å². The number of hydrogen-bond donors (Lipinski definition) is 0. The molecule has 0 saturated carbocycles. The van der Waals surface area contributed by atoms with Gasteiger partial charge < -0.3 is 9.64 Å². The van der Waals surface area contributed by atoms with Crippen molar-refractivity contribution in [1.82, 2.24) is 4.90 Å². The predicted molar refractivity (Wildman–Crippen MR) is 60.6 cm³/mol. The maximum Gasteiger partial charge on any atom is 0.0587 e. The normalized spacial score (nSPS) is 26.6. The summed E-state index contributed by atoms with van der Waals surface area (Å²) in [5.74, 6) is 0. The van der Waals surface area contributed by atoms with Crippen LogP contribution in [-0.4, -0.2) is 37.7 Å².